The summed E-state index contributed by atoms with van der Waals surface area (Å²) in [5.41, 5.74) is 14.6. The Morgan fingerprint density at radius 3 is 2.03 bits per heavy atom. The van der Waals surface area contributed by atoms with Gasteiger partial charge in [0.25, 0.3) is 0 Å². The smallest absolute Gasteiger partial charge is 0.149 e. The quantitative estimate of drug-likeness (QED) is 0.169. The number of aromatic nitrogens is 3. The summed E-state index contributed by atoms with van der Waals surface area (Å²) >= 11 is 0. The van der Waals surface area contributed by atoms with Crippen molar-refractivity contribution in [1.82, 2.24) is 14.5 Å². The van der Waals surface area contributed by atoms with Crippen molar-refractivity contribution in [2.24, 2.45) is 0 Å². The minimum Gasteiger partial charge on any atom is -0.507 e. The van der Waals surface area contributed by atoms with Gasteiger partial charge in [0.05, 0.1) is 33.6 Å². The minimum absolute atomic E-state index is 0. The first-order valence-electron chi connectivity index (χ1n) is 20.3. The standard InChI is InChI=1S/C54H48N3O2.Pt/c1-33-17-14-18-34(2)49(33)48-30-37-28-27-36(29-47(37)59-48)43-23-16-24-44(55-43)40-22-15-26-46-50(40)56-52(41-31-38(53(3,4)5)32-42(51(41)58)54(6,7)8)57(46)45-25-13-12-21-39(45)35-19-10-9-11-20-35;/h9-26,28-32,58H,1-8H3;/q-1;. The summed E-state index contributed by atoms with van der Waals surface area (Å²) in [5, 5.41) is 13.3. The summed E-state index contributed by atoms with van der Waals surface area (Å²) < 4.78 is 8.69. The van der Waals surface area contributed by atoms with E-state index in [1.807, 2.05) is 36.4 Å². The van der Waals surface area contributed by atoms with Crippen molar-refractivity contribution in [3.8, 4) is 67.8 Å². The van der Waals surface area contributed by atoms with Gasteiger partial charge in [-0.25, -0.2) is 4.98 Å². The number of phenols is 1. The Bertz CT molecular complexity index is 3030. The molecule has 0 atom stereocenters. The van der Waals surface area contributed by atoms with E-state index in [1.165, 1.54) is 11.1 Å². The van der Waals surface area contributed by atoms with Crippen LogP contribution in [-0.4, -0.2) is 19.6 Å². The zero-order valence-corrected chi connectivity index (χ0v) is 37.6. The third-order valence-electron chi connectivity index (χ3n) is 11.4. The van der Waals surface area contributed by atoms with Crippen LogP contribution in [0.15, 0.2) is 144 Å². The number of rotatable bonds is 6. The number of aryl methyl sites for hydroxylation is 2. The molecule has 9 rings (SSSR count). The first-order chi connectivity index (χ1) is 28.3. The Morgan fingerprint density at radius 2 is 1.30 bits per heavy atom. The minimum atomic E-state index is -0.314. The summed E-state index contributed by atoms with van der Waals surface area (Å²) in [4.78, 5) is 10.8. The molecule has 0 aliphatic heterocycles. The van der Waals surface area contributed by atoms with Crippen LogP contribution in [0.4, 0.5) is 0 Å². The molecule has 0 aliphatic rings. The molecule has 6 aromatic carbocycles. The Balaban J connectivity index is 0.00000499. The van der Waals surface area contributed by atoms with Gasteiger partial charge in [-0.3, -0.25) is 9.55 Å². The molecule has 0 amide bonds. The van der Waals surface area contributed by atoms with Gasteiger partial charge in [0.2, 0.25) is 0 Å². The van der Waals surface area contributed by atoms with Gasteiger partial charge in [0.1, 0.15) is 17.3 Å². The fourth-order valence-corrected chi connectivity index (χ4v) is 8.25. The van der Waals surface area contributed by atoms with Gasteiger partial charge in [0, 0.05) is 43.3 Å². The van der Waals surface area contributed by atoms with E-state index in [-0.39, 0.29) is 37.6 Å². The molecule has 0 saturated heterocycles. The van der Waals surface area contributed by atoms with E-state index in [0.29, 0.717) is 11.4 Å². The Kier molecular flexibility index (Phi) is 10.5. The van der Waals surface area contributed by atoms with Crippen molar-refractivity contribution in [3.63, 3.8) is 0 Å². The van der Waals surface area contributed by atoms with E-state index < -0.39 is 0 Å². The van der Waals surface area contributed by atoms with Gasteiger partial charge in [-0.1, -0.05) is 156 Å². The average Bonchev–Trinajstić information content (AvgIpc) is 3.82. The second-order valence-electron chi connectivity index (χ2n) is 17.7. The van der Waals surface area contributed by atoms with Crippen molar-refractivity contribution in [1.29, 1.82) is 0 Å². The molecule has 302 valence electrons. The summed E-state index contributed by atoms with van der Waals surface area (Å²) in [6, 6.07) is 51.4. The van der Waals surface area contributed by atoms with Crippen molar-refractivity contribution in [2.75, 3.05) is 0 Å². The maximum Gasteiger partial charge on any atom is 0.149 e. The number of hydrogen-bond acceptors (Lipinski definition) is 4. The van der Waals surface area contributed by atoms with Crippen LogP contribution in [0, 0.1) is 19.9 Å². The van der Waals surface area contributed by atoms with Crippen molar-refractivity contribution >= 4 is 22.0 Å². The zero-order chi connectivity index (χ0) is 41.2. The summed E-state index contributed by atoms with van der Waals surface area (Å²) in [6.45, 7) is 17.3. The molecule has 60 heavy (non-hydrogen) atoms. The number of aromatic hydroxyl groups is 1. The fraction of sp³-hybridized carbons (Fsp3) is 0.185. The molecule has 0 fully saturated rings. The fourth-order valence-electron chi connectivity index (χ4n) is 8.25. The molecule has 6 heteroatoms. The Labute approximate surface area is 367 Å². The summed E-state index contributed by atoms with van der Waals surface area (Å²) in [7, 11) is 0. The molecule has 0 saturated carbocycles. The van der Waals surface area contributed by atoms with Crippen LogP contribution < -0.4 is 0 Å². The molecule has 5 nitrogen and oxygen atoms in total. The van der Waals surface area contributed by atoms with E-state index in [1.54, 1.807) is 0 Å². The predicted molar refractivity (Wildman–Crippen MR) is 243 cm³/mol. The molecular weight excluding hydrogens is 918 g/mol. The average molecular weight is 966 g/mol. The number of para-hydroxylation sites is 2. The number of pyridine rings is 1. The van der Waals surface area contributed by atoms with E-state index in [0.717, 1.165) is 83.8 Å². The molecule has 0 aliphatic carbocycles. The monoisotopic (exact) mass is 965 g/mol. The second kappa shape index (κ2) is 15.5. The molecule has 1 N–H and O–H groups in total. The van der Waals surface area contributed by atoms with E-state index in [2.05, 4.69) is 169 Å². The molecule has 0 bridgehead atoms. The number of fused-ring (bicyclic) bond motifs is 2. The number of furan rings is 1. The first-order valence-corrected chi connectivity index (χ1v) is 20.3. The van der Waals surface area contributed by atoms with Gasteiger partial charge < -0.3 is 9.52 Å². The van der Waals surface area contributed by atoms with Gasteiger partial charge in [-0.2, -0.15) is 0 Å². The van der Waals surface area contributed by atoms with E-state index in [9.17, 15) is 5.11 Å². The number of imidazole rings is 1. The molecule has 3 heterocycles. The van der Waals surface area contributed by atoms with Crippen LogP contribution in [0.2, 0.25) is 0 Å². The predicted octanol–water partition coefficient (Wildman–Crippen LogP) is 14.2. The summed E-state index contributed by atoms with van der Waals surface area (Å²) in [6.07, 6.45) is 0. The molecule has 0 spiro atoms. The van der Waals surface area contributed by atoms with Gasteiger partial charge in [0.15, 0.2) is 0 Å². The topological polar surface area (TPSA) is 64.1 Å². The SMILES string of the molecule is Cc1cccc(C)c1-c1cc2c[c-]c(-c3cccc(-c4cccc5c4nc(-c4cc(C(C)(C)C)cc(C(C)(C)C)c4O)n5-c4ccccc4-c4ccccc4)n3)cc2o1.[Pt]. The normalized spacial score (nSPS) is 11.9. The van der Waals surface area contributed by atoms with Crippen molar-refractivity contribution in [2.45, 2.75) is 66.2 Å². The number of hydrogen-bond donors (Lipinski definition) is 1. The number of nitrogens with zero attached hydrogens (tertiary/aromatic N) is 3. The van der Waals surface area contributed by atoms with Gasteiger partial charge in [-0.15, -0.1) is 17.7 Å². The first kappa shape index (κ1) is 40.7. The van der Waals surface area contributed by atoms with Crippen LogP contribution in [0.1, 0.15) is 63.8 Å². The zero-order valence-electron chi connectivity index (χ0n) is 35.3. The second-order valence-corrected chi connectivity index (χ2v) is 17.7. The third kappa shape index (κ3) is 7.30. The van der Waals surface area contributed by atoms with Gasteiger partial charge in [-0.05, 0) is 76.9 Å². The van der Waals surface area contributed by atoms with E-state index >= 15 is 0 Å². The number of benzene rings is 6. The maximum absolute atomic E-state index is 12.3. The van der Waals surface area contributed by atoms with Crippen LogP contribution in [0.5, 0.6) is 5.75 Å². The largest absolute Gasteiger partial charge is 0.507 e. The molecule has 9 aromatic rings. The third-order valence-corrected chi connectivity index (χ3v) is 11.4. The number of phenolic OH excluding ortho intramolecular Hbond substituents is 1. The molecule has 0 unspecified atom stereocenters. The molecule has 3 aromatic heterocycles. The van der Waals surface area contributed by atoms with Crippen molar-refractivity contribution in [3.05, 3.63) is 168 Å². The van der Waals surface area contributed by atoms with Crippen LogP contribution in [0.25, 0.3) is 84.0 Å². The molecule has 0 radical (unpaired) electrons. The van der Waals surface area contributed by atoms with Crippen LogP contribution in [-0.2, 0) is 31.9 Å². The Hall–Kier alpha value is -6.03. The summed E-state index contributed by atoms with van der Waals surface area (Å²) in [5.74, 6) is 1.76. The molecular formula is C54H48N3O2Pt-. The maximum atomic E-state index is 12.3. The van der Waals surface area contributed by atoms with E-state index in [4.69, 9.17) is 14.4 Å². The van der Waals surface area contributed by atoms with Crippen LogP contribution in [0.3, 0.4) is 0 Å². The Morgan fingerprint density at radius 1 is 0.633 bits per heavy atom. The van der Waals surface area contributed by atoms with Crippen LogP contribution >= 0.6 is 0 Å². The van der Waals surface area contributed by atoms with Gasteiger partial charge >= 0.3 is 0 Å². The van der Waals surface area contributed by atoms with Crippen molar-refractivity contribution < 1.29 is 30.6 Å².